The molecule has 1 aliphatic heterocycles. The molecule has 2 unspecified atom stereocenters. The monoisotopic (exact) mass is 378 g/mol. The van der Waals surface area contributed by atoms with Crippen LogP contribution < -0.4 is 5.73 Å². The first-order chi connectivity index (χ1) is 9.45. The minimum Gasteiger partial charge on any atom is -0.333 e. The van der Waals surface area contributed by atoms with Gasteiger partial charge in [-0.05, 0) is 40.6 Å². The van der Waals surface area contributed by atoms with Crippen molar-refractivity contribution in [1.82, 2.24) is 15.1 Å². The van der Waals surface area contributed by atoms with Crippen molar-refractivity contribution in [2.45, 2.75) is 45.6 Å². The van der Waals surface area contributed by atoms with Gasteiger partial charge in [-0.3, -0.25) is 9.89 Å². The normalized spacial score (nSPS) is 22.3. The van der Waals surface area contributed by atoms with Crippen LogP contribution in [0.2, 0.25) is 0 Å². The summed E-state index contributed by atoms with van der Waals surface area (Å²) in [4.78, 5) is 14.6. The van der Waals surface area contributed by atoms with Crippen molar-refractivity contribution >= 4 is 34.2 Å². The van der Waals surface area contributed by atoms with E-state index < -0.39 is 0 Å². The van der Waals surface area contributed by atoms with Crippen LogP contribution in [-0.4, -0.2) is 40.1 Å². The van der Waals surface area contributed by atoms with E-state index in [0.717, 1.165) is 29.6 Å². The number of carbonyl (C=O) groups is 1. The zero-order valence-corrected chi connectivity index (χ0v) is 15.1. The number of aromatic amines is 1. The van der Waals surface area contributed by atoms with Gasteiger partial charge in [0.25, 0.3) is 5.91 Å². The van der Waals surface area contributed by atoms with E-state index in [1.807, 2.05) is 4.90 Å². The maximum atomic E-state index is 12.7. The molecule has 0 aromatic carbocycles. The Morgan fingerprint density at radius 1 is 1.57 bits per heavy atom. The number of amides is 1. The van der Waals surface area contributed by atoms with Crippen LogP contribution >= 0.6 is 28.3 Å². The van der Waals surface area contributed by atoms with Crippen LogP contribution in [0.15, 0.2) is 4.47 Å². The van der Waals surface area contributed by atoms with Crippen molar-refractivity contribution in [1.29, 1.82) is 0 Å². The van der Waals surface area contributed by atoms with Gasteiger partial charge in [-0.1, -0.05) is 20.8 Å². The van der Waals surface area contributed by atoms with Crippen molar-refractivity contribution in [3.05, 3.63) is 15.9 Å². The van der Waals surface area contributed by atoms with Gasteiger partial charge in [0.05, 0.1) is 10.2 Å². The van der Waals surface area contributed by atoms with Gasteiger partial charge in [0.1, 0.15) is 0 Å². The van der Waals surface area contributed by atoms with Gasteiger partial charge in [-0.25, -0.2) is 0 Å². The highest BCUT2D eigenvalue weighted by Crippen LogP contribution is 2.29. The lowest BCUT2D eigenvalue weighted by molar-refractivity contribution is 0.0566. The molecule has 5 nitrogen and oxygen atoms in total. The minimum atomic E-state index is -0.0256. The fourth-order valence-electron chi connectivity index (χ4n) is 2.74. The van der Waals surface area contributed by atoms with Crippen molar-refractivity contribution in [2.75, 3.05) is 13.1 Å². The Hall–Kier alpha value is -0.590. The van der Waals surface area contributed by atoms with Gasteiger partial charge in [0, 0.05) is 19.1 Å². The minimum absolute atomic E-state index is 0. The molecule has 3 N–H and O–H groups in total. The van der Waals surface area contributed by atoms with Crippen LogP contribution in [0.3, 0.4) is 0 Å². The lowest BCUT2D eigenvalue weighted by Crippen LogP contribution is -2.49. The molecule has 0 radical (unpaired) electrons. The van der Waals surface area contributed by atoms with E-state index in [9.17, 15) is 4.79 Å². The van der Waals surface area contributed by atoms with E-state index in [-0.39, 0.29) is 24.4 Å². The number of rotatable bonds is 3. The Morgan fingerprint density at radius 2 is 2.24 bits per heavy atom. The molecule has 0 saturated carbocycles. The van der Waals surface area contributed by atoms with E-state index in [1.54, 1.807) is 0 Å². The van der Waals surface area contributed by atoms with E-state index in [2.05, 4.69) is 46.9 Å². The van der Waals surface area contributed by atoms with Crippen LogP contribution in [-0.2, 0) is 0 Å². The number of nitrogens with one attached hydrogen (secondary N) is 1. The molecular weight excluding hydrogens is 356 g/mol. The Bertz CT molecular complexity index is 491. The first kappa shape index (κ1) is 18.5. The number of hydrogen-bond donors (Lipinski definition) is 2. The van der Waals surface area contributed by atoms with Crippen LogP contribution in [0, 0.1) is 5.92 Å². The smallest absolute Gasteiger partial charge is 0.275 e. The number of aromatic nitrogens is 2. The first-order valence-corrected chi connectivity index (χ1v) is 7.99. The van der Waals surface area contributed by atoms with Crippen LogP contribution in [0.1, 0.15) is 55.7 Å². The molecule has 0 aliphatic carbocycles. The molecule has 120 valence electrons. The van der Waals surface area contributed by atoms with Gasteiger partial charge in [-0.2, -0.15) is 5.10 Å². The Morgan fingerprint density at radius 3 is 2.76 bits per heavy atom. The molecule has 1 aromatic rings. The van der Waals surface area contributed by atoms with E-state index in [0.29, 0.717) is 24.1 Å². The Balaban J connectivity index is 0.00000220. The van der Waals surface area contributed by atoms with Gasteiger partial charge in [0.2, 0.25) is 0 Å². The van der Waals surface area contributed by atoms with Crippen molar-refractivity contribution in [2.24, 2.45) is 11.7 Å². The quantitative estimate of drug-likeness (QED) is 0.848. The molecule has 1 amide bonds. The molecule has 1 saturated heterocycles. The Labute approximate surface area is 140 Å². The number of carbonyl (C=O) groups excluding carboxylic acids is 1. The summed E-state index contributed by atoms with van der Waals surface area (Å²) in [6.07, 6.45) is 2.00. The van der Waals surface area contributed by atoms with E-state index in [1.165, 1.54) is 0 Å². The van der Waals surface area contributed by atoms with Gasteiger partial charge < -0.3 is 10.6 Å². The average Bonchev–Trinajstić information content (AvgIpc) is 2.79. The highest BCUT2D eigenvalue weighted by Gasteiger charge is 2.32. The Kier molecular flexibility index (Phi) is 6.69. The number of piperidine rings is 1. The maximum absolute atomic E-state index is 12.7. The molecule has 1 aliphatic rings. The maximum Gasteiger partial charge on any atom is 0.275 e. The van der Waals surface area contributed by atoms with Crippen molar-refractivity contribution in [3.8, 4) is 0 Å². The third-order valence-electron chi connectivity index (χ3n) is 4.02. The fraction of sp³-hybridized carbons (Fsp3) is 0.714. The largest absolute Gasteiger partial charge is 0.333 e. The summed E-state index contributed by atoms with van der Waals surface area (Å²) >= 11 is 3.50. The number of nitrogens with two attached hydrogens (primary N) is 1. The molecular formula is C14H24BrClN4O. The third kappa shape index (κ3) is 3.79. The first-order valence-electron chi connectivity index (χ1n) is 7.20. The summed E-state index contributed by atoms with van der Waals surface area (Å²) in [6.45, 7) is 7.62. The lowest BCUT2D eigenvalue weighted by Gasteiger charge is -2.37. The number of nitrogens with zero attached hydrogens (tertiary/aromatic N) is 2. The van der Waals surface area contributed by atoms with Gasteiger partial charge in [-0.15, -0.1) is 12.4 Å². The van der Waals surface area contributed by atoms with Gasteiger partial charge in [0.15, 0.2) is 5.69 Å². The zero-order chi connectivity index (χ0) is 14.9. The SMILES string of the molecule is CC1CCN(C(=O)c2n[nH]c(C(C)C)c2Br)C(CN)C1.Cl. The summed E-state index contributed by atoms with van der Waals surface area (Å²) in [7, 11) is 0. The van der Waals surface area contributed by atoms with Crippen LogP contribution in [0.4, 0.5) is 0 Å². The molecule has 1 aromatic heterocycles. The van der Waals surface area contributed by atoms with Crippen LogP contribution in [0.5, 0.6) is 0 Å². The predicted octanol–water partition coefficient (Wildman–Crippen LogP) is 2.92. The number of likely N-dealkylation sites (tertiary alicyclic amines) is 1. The number of halogens is 2. The molecule has 0 bridgehead atoms. The second kappa shape index (κ2) is 7.61. The lowest BCUT2D eigenvalue weighted by atomic mass is 9.92. The summed E-state index contributed by atoms with van der Waals surface area (Å²) < 4.78 is 0.784. The summed E-state index contributed by atoms with van der Waals surface area (Å²) in [6, 6.07) is 0.123. The summed E-state index contributed by atoms with van der Waals surface area (Å²) in [5.41, 5.74) is 7.26. The third-order valence-corrected chi connectivity index (χ3v) is 4.83. The molecule has 0 spiro atoms. The fourth-order valence-corrected chi connectivity index (χ4v) is 3.55. The second-order valence-electron chi connectivity index (χ2n) is 5.97. The standard InChI is InChI=1S/C14H23BrN4O.ClH/c1-8(2)12-11(15)13(18-17-12)14(20)19-5-4-9(3)6-10(19)7-16;/h8-10H,4-7,16H2,1-3H3,(H,17,18);1H. The highest BCUT2D eigenvalue weighted by molar-refractivity contribution is 9.10. The number of H-pyrrole nitrogens is 1. The molecule has 1 fully saturated rings. The predicted molar refractivity (Wildman–Crippen MR) is 89.9 cm³/mol. The van der Waals surface area contributed by atoms with E-state index >= 15 is 0 Å². The van der Waals surface area contributed by atoms with Crippen molar-refractivity contribution < 1.29 is 4.79 Å². The number of hydrogen-bond acceptors (Lipinski definition) is 3. The summed E-state index contributed by atoms with van der Waals surface area (Å²) in [5, 5.41) is 7.16. The molecule has 2 atom stereocenters. The van der Waals surface area contributed by atoms with E-state index in [4.69, 9.17) is 5.73 Å². The topological polar surface area (TPSA) is 75.0 Å². The van der Waals surface area contributed by atoms with Crippen molar-refractivity contribution in [3.63, 3.8) is 0 Å². The molecule has 21 heavy (non-hydrogen) atoms. The zero-order valence-electron chi connectivity index (χ0n) is 12.7. The second-order valence-corrected chi connectivity index (χ2v) is 6.77. The molecule has 2 rings (SSSR count). The molecule has 7 heteroatoms. The van der Waals surface area contributed by atoms with Crippen LogP contribution in [0.25, 0.3) is 0 Å². The average molecular weight is 380 g/mol. The highest BCUT2D eigenvalue weighted by atomic mass is 79.9. The summed E-state index contributed by atoms with van der Waals surface area (Å²) in [5.74, 6) is 0.897. The van der Waals surface area contributed by atoms with Gasteiger partial charge >= 0.3 is 0 Å². The molecule has 2 heterocycles.